The van der Waals surface area contributed by atoms with E-state index in [9.17, 15) is 38.5 Å². The molecule has 0 bridgehead atoms. The zero-order valence-electron chi connectivity index (χ0n) is 11.1. The second-order valence-electron chi connectivity index (χ2n) is 4.62. The summed E-state index contributed by atoms with van der Waals surface area (Å²) in [6.45, 7) is -0.945. The number of ether oxygens (including phenoxy) is 1. The molecule has 2 rings (SSSR count). The number of hydrogen-bond acceptors (Lipinski definition) is 10. The molecule has 0 radical (unpaired) electrons. The first kappa shape index (κ1) is 17.7. The van der Waals surface area contributed by atoms with Gasteiger partial charge in [-0.25, -0.2) is 9.36 Å². The van der Waals surface area contributed by atoms with Gasteiger partial charge < -0.3 is 39.6 Å². The minimum Gasteiger partial charge on any atom is -0.790 e. The van der Waals surface area contributed by atoms with E-state index in [0.717, 1.165) is 0 Å². The molecule has 2 heterocycles. The molecule has 0 aliphatic carbocycles. The lowest BCUT2D eigenvalue weighted by atomic mass is 10.1. The van der Waals surface area contributed by atoms with Crippen LogP contribution in [0.1, 0.15) is 6.23 Å². The molecule has 0 amide bonds. The van der Waals surface area contributed by atoms with E-state index in [1.54, 1.807) is 4.98 Å². The molecule has 0 aromatic carbocycles. The average Bonchev–Trinajstić information content (AvgIpc) is 2.70. The summed E-state index contributed by atoms with van der Waals surface area (Å²) in [5.41, 5.74) is 2.66. The predicted molar refractivity (Wildman–Crippen MR) is 65.2 cm³/mol. The van der Waals surface area contributed by atoms with Crippen LogP contribution in [0.15, 0.2) is 9.59 Å². The van der Waals surface area contributed by atoms with Gasteiger partial charge in [0.1, 0.15) is 18.3 Å². The van der Waals surface area contributed by atoms with E-state index < -0.39 is 61.9 Å². The van der Waals surface area contributed by atoms with E-state index in [1.165, 1.54) is 0 Å². The van der Waals surface area contributed by atoms with Gasteiger partial charge in [-0.05, 0) is 0 Å². The van der Waals surface area contributed by atoms with Crippen LogP contribution in [0.2, 0.25) is 0 Å². The Kier molecular flexibility index (Phi) is 4.73. The van der Waals surface area contributed by atoms with Gasteiger partial charge in [-0.3, -0.25) is 9.78 Å². The number of phosphoric acid groups is 1. The van der Waals surface area contributed by atoms with Crippen LogP contribution in [0.4, 0.5) is 10.2 Å². The third kappa shape index (κ3) is 3.50. The summed E-state index contributed by atoms with van der Waals surface area (Å²) < 4.78 is 33.1. The summed E-state index contributed by atoms with van der Waals surface area (Å²) in [6, 6.07) is 0. The number of phosphoric ester groups is 1. The lowest BCUT2D eigenvalue weighted by Crippen LogP contribution is -2.40. The van der Waals surface area contributed by atoms with Crippen molar-refractivity contribution < 1.29 is 38.2 Å². The number of aliphatic hydroxyl groups excluding tert-OH is 2. The van der Waals surface area contributed by atoms with Crippen LogP contribution in [0.25, 0.3) is 0 Å². The van der Waals surface area contributed by atoms with Crippen LogP contribution in [-0.2, 0) is 13.8 Å². The van der Waals surface area contributed by atoms with Crippen molar-refractivity contribution in [3.05, 3.63) is 26.7 Å². The van der Waals surface area contributed by atoms with Crippen molar-refractivity contribution in [1.82, 2.24) is 9.55 Å². The minimum absolute atomic E-state index is 0.332. The van der Waals surface area contributed by atoms with Crippen molar-refractivity contribution in [3.63, 3.8) is 0 Å². The third-order valence-corrected chi connectivity index (χ3v) is 3.58. The second kappa shape index (κ2) is 6.13. The SMILES string of the molecule is Nc1c(F)c(=O)[nH]c(=O)n1[C@@H]1O[C@H](COP(=O)([O-])[O-])[C@@H](O)[C@H]1O. The van der Waals surface area contributed by atoms with E-state index in [4.69, 9.17) is 10.5 Å². The van der Waals surface area contributed by atoms with E-state index in [2.05, 4.69) is 4.52 Å². The molecule has 0 spiro atoms. The number of aromatic amines is 1. The number of aliphatic hydroxyl groups is 2. The van der Waals surface area contributed by atoms with Crippen molar-refractivity contribution in [3.8, 4) is 0 Å². The molecule has 4 atom stereocenters. The molecule has 0 saturated carbocycles. The quantitative estimate of drug-likeness (QED) is 0.383. The highest BCUT2D eigenvalue weighted by atomic mass is 31.2. The van der Waals surface area contributed by atoms with E-state index in [-0.39, 0.29) is 0 Å². The highest BCUT2D eigenvalue weighted by molar-refractivity contribution is 7.43. The van der Waals surface area contributed by atoms with Crippen molar-refractivity contribution in [2.24, 2.45) is 0 Å². The maximum atomic E-state index is 13.5. The summed E-state index contributed by atoms with van der Waals surface area (Å²) in [4.78, 5) is 45.1. The first-order valence-corrected chi connectivity index (χ1v) is 7.47. The number of rotatable bonds is 4. The van der Waals surface area contributed by atoms with Crippen LogP contribution in [0, 0.1) is 5.82 Å². The molecule has 1 aliphatic heterocycles. The molecule has 14 heteroatoms. The Bertz CT molecular complexity index is 758. The molecule has 1 fully saturated rings. The standard InChI is InChI=1S/C9H13FN3O9P/c10-3-6(11)13(9(17)12-7(3)16)8-5(15)4(14)2(22-8)1-21-23(18,19)20/h2,4-5,8,14-15H,1,11H2,(H,12,16,17)(H2,18,19,20)/p-2/t2-,4-,5-,8-/m1/s1. The van der Waals surface area contributed by atoms with Gasteiger partial charge in [-0.2, -0.15) is 4.39 Å². The van der Waals surface area contributed by atoms with E-state index in [1.807, 2.05) is 0 Å². The fraction of sp³-hybridized carbons (Fsp3) is 0.556. The summed E-state index contributed by atoms with van der Waals surface area (Å²) >= 11 is 0. The smallest absolute Gasteiger partial charge is 0.332 e. The Hall–Kier alpha value is -1.60. The maximum absolute atomic E-state index is 13.5. The number of aromatic nitrogens is 2. The van der Waals surface area contributed by atoms with Gasteiger partial charge in [0, 0.05) is 0 Å². The molecule has 1 aromatic rings. The Balaban J connectivity index is 2.32. The summed E-state index contributed by atoms with van der Waals surface area (Å²) in [5, 5.41) is 19.6. The van der Waals surface area contributed by atoms with Crippen molar-refractivity contribution in [2.75, 3.05) is 12.3 Å². The van der Waals surface area contributed by atoms with Crippen molar-refractivity contribution in [1.29, 1.82) is 0 Å². The van der Waals surface area contributed by atoms with Gasteiger partial charge in [0.25, 0.3) is 5.56 Å². The molecule has 1 aromatic heterocycles. The second-order valence-corrected chi connectivity index (χ2v) is 5.77. The molecule has 12 nitrogen and oxygen atoms in total. The molecule has 1 aliphatic rings. The van der Waals surface area contributed by atoms with Gasteiger partial charge in [-0.15, -0.1) is 0 Å². The molecule has 1 saturated heterocycles. The van der Waals surface area contributed by atoms with Crippen molar-refractivity contribution in [2.45, 2.75) is 24.5 Å². The number of nitrogen functional groups attached to an aromatic ring is 1. The molecular formula is C9H11FN3O9P-2. The largest absolute Gasteiger partial charge is 0.790 e. The number of hydrogen-bond donors (Lipinski definition) is 4. The molecule has 130 valence electrons. The van der Waals surface area contributed by atoms with Gasteiger partial charge in [0.15, 0.2) is 12.0 Å². The van der Waals surface area contributed by atoms with Gasteiger partial charge >= 0.3 is 5.69 Å². The highest BCUT2D eigenvalue weighted by Crippen LogP contribution is 2.33. The topological polar surface area (TPSA) is 203 Å². The number of nitrogens with one attached hydrogen (secondary N) is 1. The zero-order valence-corrected chi connectivity index (χ0v) is 12.0. The molecule has 23 heavy (non-hydrogen) atoms. The van der Waals surface area contributed by atoms with Crippen LogP contribution >= 0.6 is 7.82 Å². The van der Waals surface area contributed by atoms with Crippen LogP contribution < -0.4 is 26.8 Å². The summed E-state index contributed by atoms with van der Waals surface area (Å²) in [5.74, 6) is -2.48. The molecule has 0 unspecified atom stereocenters. The third-order valence-electron chi connectivity index (χ3n) is 3.11. The average molecular weight is 355 g/mol. The Morgan fingerprint density at radius 2 is 2.00 bits per heavy atom. The Morgan fingerprint density at radius 1 is 1.39 bits per heavy atom. The number of anilines is 1. The minimum atomic E-state index is -5.36. The van der Waals surface area contributed by atoms with Gasteiger partial charge in [0.2, 0.25) is 5.82 Å². The van der Waals surface area contributed by atoms with Crippen LogP contribution in [0.5, 0.6) is 0 Å². The number of nitrogens with zero attached hydrogens (tertiary/aromatic N) is 1. The van der Waals surface area contributed by atoms with E-state index >= 15 is 0 Å². The Labute approximate surface area is 126 Å². The first-order chi connectivity index (χ1) is 10.5. The van der Waals surface area contributed by atoms with Gasteiger partial charge in [-0.1, -0.05) is 0 Å². The lowest BCUT2D eigenvalue weighted by Gasteiger charge is -2.30. The summed E-state index contributed by atoms with van der Waals surface area (Å²) in [7, 11) is -5.36. The number of nitrogens with two attached hydrogens (primary N) is 1. The van der Waals surface area contributed by atoms with E-state index in [0.29, 0.717) is 4.57 Å². The lowest BCUT2D eigenvalue weighted by molar-refractivity contribution is -0.343. The zero-order chi connectivity index (χ0) is 17.5. The van der Waals surface area contributed by atoms with Crippen LogP contribution in [0.3, 0.4) is 0 Å². The van der Waals surface area contributed by atoms with Crippen molar-refractivity contribution >= 4 is 13.6 Å². The fourth-order valence-electron chi connectivity index (χ4n) is 2.04. The maximum Gasteiger partial charge on any atom is 0.332 e. The van der Waals surface area contributed by atoms with Gasteiger partial charge in [0.05, 0.1) is 14.4 Å². The normalized spacial score (nSPS) is 28.2. The Morgan fingerprint density at radius 3 is 2.57 bits per heavy atom. The van der Waals surface area contributed by atoms with Crippen LogP contribution in [-0.4, -0.2) is 44.7 Å². The molecular weight excluding hydrogens is 344 g/mol. The highest BCUT2D eigenvalue weighted by Gasteiger charge is 2.45. The number of H-pyrrole nitrogens is 1. The fourth-order valence-corrected chi connectivity index (χ4v) is 2.37. The summed E-state index contributed by atoms with van der Waals surface area (Å²) in [6.07, 6.45) is -6.87. The first-order valence-electron chi connectivity index (χ1n) is 6.01. The molecule has 5 N–H and O–H groups in total. The predicted octanol–water partition coefficient (Wildman–Crippen LogP) is -4.28. The monoisotopic (exact) mass is 355 g/mol. The number of halogens is 1.